The summed E-state index contributed by atoms with van der Waals surface area (Å²) >= 11 is 1.77. The van der Waals surface area contributed by atoms with Crippen LogP contribution in [0.4, 0.5) is 17.1 Å². The van der Waals surface area contributed by atoms with Gasteiger partial charge >= 0.3 is 0 Å². The number of rotatable bonds is 6. The molecule has 0 spiro atoms. The summed E-state index contributed by atoms with van der Waals surface area (Å²) in [5.41, 5.74) is 10.4. The smallest absolute Gasteiger partial charge is 0.124 e. The van der Waals surface area contributed by atoms with Crippen LogP contribution in [0, 0.1) is 0 Å². The first-order chi connectivity index (χ1) is 23.8. The Morgan fingerprint density at radius 1 is 0.375 bits per heavy atom. The number of fused-ring (bicyclic) bond motifs is 5. The molecule has 9 rings (SSSR count). The van der Waals surface area contributed by atoms with E-state index in [0.717, 1.165) is 33.1 Å². The van der Waals surface area contributed by atoms with Gasteiger partial charge in [0.25, 0.3) is 0 Å². The molecule has 0 fully saturated rings. The maximum Gasteiger partial charge on any atom is 0.124 e. The number of thiazole rings is 1. The molecule has 2 nitrogen and oxygen atoms in total. The average Bonchev–Trinajstić information content (AvgIpc) is 3.62. The molecule has 226 valence electrons. The molecule has 0 N–H and O–H groups in total. The predicted molar refractivity (Wildman–Crippen MR) is 206 cm³/mol. The van der Waals surface area contributed by atoms with E-state index in [4.69, 9.17) is 4.98 Å². The SMILES string of the molecule is c1ccc(-c2ccc(N(c3ccccc3)c3ccc(-c4ccc5ccc6c(ccc7nc(-c8ccccc8)sc76)c5c4)cc3)cc2)cc1. The van der Waals surface area contributed by atoms with Crippen molar-refractivity contribution in [2.24, 2.45) is 0 Å². The van der Waals surface area contributed by atoms with E-state index in [9.17, 15) is 0 Å². The van der Waals surface area contributed by atoms with E-state index in [0.29, 0.717) is 0 Å². The highest BCUT2D eigenvalue weighted by molar-refractivity contribution is 7.22. The van der Waals surface area contributed by atoms with E-state index in [1.54, 1.807) is 11.3 Å². The molecule has 0 aliphatic heterocycles. The van der Waals surface area contributed by atoms with Crippen molar-refractivity contribution >= 4 is 60.2 Å². The van der Waals surface area contributed by atoms with Crippen LogP contribution < -0.4 is 4.90 Å². The Balaban J connectivity index is 1.08. The average molecular weight is 631 g/mol. The zero-order valence-corrected chi connectivity index (χ0v) is 26.9. The number of hydrogen-bond acceptors (Lipinski definition) is 3. The molecule has 1 aromatic heterocycles. The van der Waals surface area contributed by atoms with Crippen LogP contribution >= 0.6 is 11.3 Å². The minimum atomic E-state index is 1.05. The lowest BCUT2D eigenvalue weighted by atomic mass is 9.97. The normalized spacial score (nSPS) is 11.3. The molecule has 0 unspecified atom stereocenters. The van der Waals surface area contributed by atoms with Gasteiger partial charge in [0.15, 0.2) is 0 Å². The van der Waals surface area contributed by atoms with Gasteiger partial charge in [0, 0.05) is 28.0 Å². The van der Waals surface area contributed by atoms with Crippen molar-refractivity contribution in [2.45, 2.75) is 0 Å². The summed E-state index contributed by atoms with van der Waals surface area (Å²) < 4.78 is 1.24. The Morgan fingerprint density at radius 2 is 0.875 bits per heavy atom. The molecule has 0 amide bonds. The fourth-order valence-corrected chi connectivity index (χ4v) is 7.76. The molecule has 0 aliphatic carbocycles. The molecule has 0 atom stereocenters. The molecule has 1 heterocycles. The molecule has 9 aromatic rings. The third-order valence-electron chi connectivity index (χ3n) is 9.10. The predicted octanol–water partition coefficient (Wildman–Crippen LogP) is 13.1. The topological polar surface area (TPSA) is 16.1 Å². The van der Waals surface area contributed by atoms with E-state index in [2.05, 4.69) is 181 Å². The van der Waals surface area contributed by atoms with Gasteiger partial charge in [-0.15, -0.1) is 11.3 Å². The Labute approximate surface area is 283 Å². The van der Waals surface area contributed by atoms with Crippen molar-refractivity contribution in [3.8, 4) is 32.8 Å². The second-order valence-electron chi connectivity index (χ2n) is 12.0. The van der Waals surface area contributed by atoms with Crippen molar-refractivity contribution in [3.05, 3.63) is 182 Å². The van der Waals surface area contributed by atoms with E-state index in [1.165, 1.54) is 48.5 Å². The van der Waals surface area contributed by atoms with Gasteiger partial charge in [-0.05, 0) is 86.9 Å². The molecule has 0 radical (unpaired) electrons. The van der Waals surface area contributed by atoms with Gasteiger partial charge in [-0.25, -0.2) is 4.98 Å². The molecule has 3 heteroatoms. The third kappa shape index (κ3) is 5.11. The minimum absolute atomic E-state index is 1.05. The molecular weight excluding hydrogens is 601 g/mol. The number of nitrogens with zero attached hydrogens (tertiary/aromatic N) is 2. The van der Waals surface area contributed by atoms with Crippen LogP contribution in [0.25, 0.3) is 64.6 Å². The van der Waals surface area contributed by atoms with Crippen molar-refractivity contribution in [3.63, 3.8) is 0 Å². The fraction of sp³-hybridized carbons (Fsp3) is 0. The van der Waals surface area contributed by atoms with Crippen LogP contribution in [0.1, 0.15) is 0 Å². The highest BCUT2D eigenvalue weighted by Crippen LogP contribution is 2.40. The summed E-state index contributed by atoms with van der Waals surface area (Å²) in [6.45, 7) is 0. The highest BCUT2D eigenvalue weighted by Gasteiger charge is 2.14. The third-order valence-corrected chi connectivity index (χ3v) is 10.2. The molecule has 0 saturated heterocycles. The first-order valence-electron chi connectivity index (χ1n) is 16.2. The summed E-state index contributed by atoms with van der Waals surface area (Å²) in [5, 5.41) is 6.07. The summed E-state index contributed by atoms with van der Waals surface area (Å²) in [5.74, 6) is 0. The van der Waals surface area contributed by atoms with E-state index in [-0.39, 0.29) is 0 Å². The summed E-state index contributed by atoms with van der Waals surface area (Å²) in [6.07, 6.45) is 0. The number of para-hydroxylation sites is 1. The van der Waals surface area contributed by atoms with Crippen LogP contribution in [0.2, 0.25) is 0 Å². The number of anilines is 3. The first-order valence-corrected chi connectivity index (χ1v) is 17.0. The maximum atomic E-state index is 4.98. The Bertz CT molecular complexity index is 2520. The number of hydrogen-bond donors (Lipinski definition) is 0. The van der Waals surface area contributed by atoms with E-state index < -0.39 is 0 Å². The molecule has 0 aliphatic rings. The monoisotopic (exact) mass is 630 g/mol. The Kier molecular flexibility index (Phi) is 7.03. The van der Waals surface area contributed by atoms with Gasteiger partial charge in [0.2, 0.25) is 0 Å². The quantitative estimate of drug-likeness (QED) is 0.170. The van der Waals surface area contributed by atoms with Gasteiger partial charge in [-0.2, -0.15) is 0 Å². The maximum absolute atomic E-state index is 4.98. The molecular formula is C45H30N2S. The van der Waals surface area contributed by atoms with Crippen molar-refractivity contribution in [1.29, 1.82) is 0 Å². The van der Waals surface area contributed by atoms with Gasteiger partial charge in [0.05, 0.1) is 10.2 Å². The van der Waals surface area contributed by atoms with Crippen LogP contribution in [-0.2, 0) is 0 Å². The van der Waals surface area contributed by atoms with Gasteiger partial charge in [-0.1, -0.05) is 133 Å². The van der Waals surface area contributed by atoms with Crippen LogP contribution in [0.3, 0.4) is 0 Å². The Morgan fingerprint density at radius 3 is 1.54 bits per heavy atom. The van der Waals surface area contributed by atoms with Crippen LogP contribution in [0.15, 0.2) is 182 Å². The van der Waals surface area contributed by atoms with Gasteiger partial charge in [-0.3, -0.25) is 0 Å². The number of benzene rings is 8. The highest BCUT2D eigenvalue weighted by atomic mass is 32.1. The second-order valence-corrected chi connectivity index (χ2v) is 13.0. The lowest BCUT2D eigenvalue weighted by Crippen LogP contribution is -2.09. The number of aromatic nitrogens is 1. The summed E-state index contributed by atoms with van der Waals surface area (Å²) in [6, 6.07) is 65.1. The molecule has 0 bridgehead atoms. The molecule has 8 aromatic carbocycles. The largest absolute Gasteiger partial charge is 0.311 e. The molecule has 48 heavy (non-hydrogen) atoms. The Hall–Kier alpha value is -6.03. The lowest BCUT2D eigenvalue weighted by molar-refractivity contribution is 1.28. The van der Waals surface area contributed by atoms with Crippen molar-refractivity contribution < 1.29 is 0 Å². The zero-order chi connectivity index (χ0) is 31.9. The van der Waals surface area contributed by atoms with Crippen molar-refractivity contribution in [2.75, 3.05) is 4.90 Å². The standard InChI is InChI=1S/C45H30N2S/c1-4-10-31(11-5-1)32-18-23-38(24-19-32)47(37-14-8-3-9-15-37)39-25-20-33(21-26-39)36-17-16-34-22-27-41-40(42(34)30-36)28-29-43-44(41)48-45(46-43)35-12-6-2-7-13-35/h1-30H. The van der Waals surface area contributed by atoms with E-state index >= 15 is 0 Å². The summed E-state index contributed by atoms with van der Waals surface area (Å²) in [4.78, 5) is 7.29. The van der Waals surface area contributed by atoms with E-state index in [1.807, 2.05) is 6.07 Å². The lowest BCUT2D eigenvalue weighted by Gasteiger charge is -2.26. The summed E-state index contributed by atoms with van der Waals surface area (Å²) in [7, 11) is 0. The van der Waals surface area contributed by atoms with Crippen LogP contribution in [-0.4, -0.2) is 4.98 Å². The molecule has 0 saturated carbocycles. The van der Waals surface area contributed by atoms with Gasteiger partial charge in [0.1, 0.15) is 5.01 Å². The fourth-order valence-electron chi connectivity index (χ4n) is 6.67. The first kappa shape index (κ1) is 28.2. The second kappa shape index (κ2) is 12.0. The van der Waals surface area contributed by atoms with Crippen LogP contribution in [0.5, 0.6) is 0 Å². The van der Waals surface area contributed by atoms with Gasteiger partial charge < -0.3 is 4.90 Å². The van der Waals surface area contributed by atoms with Crippen molar-refractivity contribution in [1.82, 2.24) is 4.98 Å². The zero-order valence-electron chi connectivity index (χ0n) is 26.1. The minimum Gasteiger partial charge on any atom is -0.311 e.